The smallest absolute Gasteiger partial charge is 0.389 e. The Balaban J connectivity index is 0.00000196. The van der Waals surface area contributed by atoms with Crippen LogP contribution >= 0.6 is 24.0 Å². The number of nitrogens with two attached hydrogens (primary N) is 1. The monoisotopic (exact) mass is 263 g/mol. The van der Waals surface area contributed by atoms with Crippen molar-refractivity contribution in [1.82, 2.24) is 0 Å². The summed E-state index contributed by atoms with van der Waals surface area (Å²) < 4.78 is 40.4. The van der Waals surface area contributed by atoms with Crippen LogP contribution in [0.1, 0.15) is 24.6 Å². The van der Waals surface area contributed by atoms with Gasteiger partial charge in [-0.3, -0.25) is 0 Å². The van der Waals surface area contributed by atoms with E-state index >= 15 is 0 Å². The van der Waals surface area contributed by atoms with Crippen molar-refractivity contribution < 1.29 is 17.6 Å². The van der Waals surface area contributed by atoms with Crippen LogP contribution in [0, 0.1) is 0 Å². The van der Waals surface area contributed by atoms with Crippen LogP contribution in [0.2, 0.25) is 5.22 Å². The van der Waals surface area contributed by atoms with Gasteiger partial charge >= 0.3 is 6.18 Å². The molecule has 0 aliphatic heterocycles. The lowest BCUT2D eigenvalue weighted by Crippen LogP contribution is -2.15. The van der Waals surface area contributed by atoms with Crippen molar-refractivity contribution >= 4 is 24.0 Å². The number of hydrogen-bond acceptors (Lipinski definition) is 2. The van der Waals surface area contributed by atoms with Crippen molar-refractivity contribution in [1.29, 1.82) is 0 Å². The Kier molecular flexibility index (Phi) is 5.48. The topological polar surface area (TPSA) is 39.2 Å². The third-order valence-corrected chi connectivity index (χ3v) is 1.90. The minimum absolute atomic E-state index is 0. The molecular weight excluding hydrogens is 254 g/mol. The fourth-order valence-electron chi connectivity index (χ4n) is 0.989. The molecule has 0 fully saturated rings. The Labute approximate surface area is 96.0 Å². The maximum Gasteiger partial charge on any atom is 0.389 e. The van der Waals surface area contributed by atoms with Gasteiger partial charge in [-0.15, -0.1) is 12.4 Å². The van der Waals surface area contributed by atoms with Gasteiger partial charge in [-0.2, -0.15) is 13.2 Å². The zero-order chi connectivity index (χ0) is 10.8. The summed E-state index contributed by atoms with van der Waals surface area (Å²) in [5.41, 5.74) is 5.46. The van der Waals surface area contributed by atoms with Crippen LogP contribution in [-0.2, 0) is 0 Å². The summed E-state index contributed by atoms with van der Waals surface area (Å²) in [5.74, 6) is 0.277. The molecule has 1 rings (SSSR count). The van der Waals surface area contributed by atoms with Gasteiger partial charge in [0.1, 0.15) is 5.76 Å². The molecule has 2 nitrogen and oxygen atoms in total. The maximum atomic E-state index is 11.8. The second-order valence-electron chi connectivity index (χ2n) is 2.90. The zero-order valence-corrected chi connectivity index (χ0v) is 9.12. The van der Waals surface area contributed by atoms with Gasteiger partial charge in [-0.05, 0) is 30.2 Å². The van der Waals surface area contributed by atoms with Crippen molar-refractivity contribution in [3.05, 3.63) is 23.1 Å². The molecule has 1 heterocycles. The summed E-state index contributed by atoms with van der Waals surface area (Å²) in [4.78, 5) is 0. The molecule has 2 N–H and O–H groups in total. The van der Waals surface area contributed by atoms with E-state index in [9.17, 15) is 13.2 Å². The van der Waals surface area contributed by atoms with E-state index in [4.69, 9.17) is 21.8 Å². The second-order valence-corrected chi connectivity index (χ2v) is 3.27. The average Bonchev–Trinajstić information content (AvgIpc) is 2.46. The molecule has 1 atom stereocenters. The zero-order valence-electron chi connectivity index (χ0n) is 7.55. The average molecular weight is 264 g/mol. The van der Waals surface area contributed by atoms with Crippen molar-refractivity contribution in [2.75, 3.05) is 0 Å². The van der Waals surface area contributed by atoms with Gasteiger partial charge in [-0.1, -0.05) is 0 Å². The number of furan rings is 1. The van der Waals surface area contributed by atoms with E-state index < -0.39 is 18.6 Å². The van der Waals surface area contributed by atoms with Crippen LogP contribution in [0.3, 0.4) is 0 Å². The van der Waals surface area contributed by atoms with Crippen molar-refractivity contribution in [2.45, 2.75) is 25.1 Å². The normalized spacial score (nSPS) is 13.4. The highest BCUT2D eigenvalue weighted by Gasteiger charge is 2.28. The largest absolute Gasteiger partial charge is 0.448 e. The molecule has 0 bridgehead atoms. The van der Waals surface area contributed by atoms with E-state index in [1.807, 2.05) is 0 Å². The first-order chi connectivity index (χ1) is 6.38. The van der Waals surface area contributed by atoms with Crippen LogP contribution in [0.5, 0.6) is 0 Å². The SMILES string of the molecule is Cl.N[C@@H](CCC(F)(F)F)c1ccc(Cl)o1. The number of rotatable bonds is 3. The molecule has 0 aliphatic carbocycles. The van der Waals surface area contributed by atoms with Gasteiger partial charge in [0.15, 0.2) is 5.22 Å². The lowest BCUT2D eigenvalue weighted by atomic mass is 10.1. The molecular formula is C8H10Cl2F3NO. The van der Waals surface area contributed by atoms with Crippen molar-refractivity contribution in [3.63, 3.8) is 0 Å². The van der Waals surface area contributed by atoms with Crippen LogP contribution in [0.15, 0.2) is 16.5 Å². The standard InChI is InChI=1S/C8H9ClF3NO.ClH/c9-7-2-1-6(14-7)5(13)3-4-8(10,11)12;/h1-2,5H,3-4,13H2;1H/t5-;/m0./s1. The van der Waals surface area contributed by atoms with Crippen LogP contribution < -0.4 is 5.73 Å². The molecule has 7 heteroatoms. The molecule has 1 aromatic rings. The Bertz CT molecular complexity index is 300. The van der Waals surface area contributed by atoms with Gasteiger partial charge in [-0.25, -0.2) is 0 Å². The summed E-state index contributed by atoms with van der Waals surface area (Å²) >= 11 is 5.45. The fraction of sp³-hybridized carbons (Fsp3) is 0.500. The highest BCUT2D eigenvalue weighted by molar-refractivity contribution is 6.28. The first-order valence-corrected chi connectivity index (χ1v) is 4.34. The Morgan fingerprint density at radius 3 is 2.40 bits per heavy atom. The molecule has 0 radical (unpaired) electrons. The molecule has 0 aliphatic rings. The summed E-state index contributed by atoms with van der Waals surface area (Å²) in [7, 11) is 0. The van der Waals surface area contributed by atoms with Crippen LogP contribution in [-0.4, -0.2) is 6.18 Å². The second kappa shape index (κ2) is 5.63. The molecule has 0 saturated carbocycles. The summed E-state index contributed by atoms with van der Waals surface area (Å²) in [6, 6.07) is 2.16. The Morgan fingerprint density at radius 1 is 1.40 bits per heavy atom. The first kappa shape index (κ1) is 14.6. The molecule has 0 amide bonds. The predicted octanol–water partition coefficient (Wildman–Crippen LogP) is 3.70. The van der Waals surface area contributed by atoms with Crippen molar-refractivity contribution in [2.24, 2.45) is 5.73 Å². The lowest BCUT2D eigenvalue weighted by Gasteiger charge is -2.10. The van der Waals surface area contributed by atoms with E-state index in [1.54, 1.807) is 0 Å². The van der Waals surface area contributed by atoms with Gasteiger partial charge in [0.25, 0.3) is 0 Å². The van der Waals surface area contributed by atoms with Gasteiger partial charge in [0.05, 0.1) is 6.04 Å². The van der Waals surface area contributed by atoms with E-state index in [0.29, 0.717) is 0 Å². The summed E-state index contributed by atoms with van der Waals surface area (Å²) in [5, 5.41) is 0.127. The quantitative estimate of drug-likeness (QED) is 0.904. The van der Waals surface area contributed by atoms with Crippen molar-refractivity contribution in [3.8, 4) is 0 Å². The third-order valence-electron chi connectivity index (χ3n) is 1.70. The number of hydrogen-bond donors (Lipinski definition) is 1. The van der Waals surface area contributed by atoms with Crippen LogP contribution in [0.4, 0.5) is 13.2 Å². The summed E-state index contributed by atoms with van der Waals surface area (Å²) in [6.45, 7) is 0. The molecule has 0 aromatic carbocycles. The molecule has 15 heavy (non-hydrogen) atoms. The van der Waals surface area contributed by atoms with E-state index in [0.717, 1.165) is 0 Å². The lowest BCUT2D eigenvalue weighted by molar-refractivity contribution is -0.136. The molecule has 0 spiro atoms. The first-order valence-electron chi connectivity index (χ1n) is 3.96. The summed E-state index contributed by atoms with van der Waals surface area (Å²) in [6.07, 6.45) is -5.31. The number of alkyl halides is 3. The van der Waals surface area contributed by atoms with Gasteiger partial charge < -0.3 is 10.2 Å². The third kappa shape index (κ3) is 5.30. The fourth-order valence-corrected chi connectivity index (χ4v) is 1.14. The molecule has 88 valence electrons. The maximum absolute atomic E-state index is 11.8. The molecule has 0 unspecified atom stereocenters. The highest BCUT2D eigenvalue weighted by Crippen LogP contribution is 2.27. The number of halogens is 5. The molecule has 1 aromatic heterocycles. The minimum atomic E-state index is -4.19. The van der Waals surface area contributed by atoms with E-state index in [2.05, 4.69) is 0 Å². The highest BCUT2D eigenvalue weighted by atomic mass is 35.5. The Hall–Kier alpha value is -0.390. The predicted molar refractivity (Wildman–Crippen MR) is 53.2 cm³/mol. The van der Waals surface area contributed by atoms with E-state index in [-0.39, 0.29) is 29.8 Å². The van der Waals surface area contributed by atoms with Gasteiger partial charge in [0, 0.05) is 6.42 Å². The Morgan fingerprint density at radius 2 is 2.00 bits per heavy atom. The minimum Gasteiger partial charge on any atom is -0.448 e. The van der Waals surface area contributed by atoms with Crippen LogP contribution in [0.25, 0.3) is 0 Å². The van der Waals surface area contributed by atoms with E-state index in [1.165, 1.54) is 12.1 Å². The molecule has 0 saturated heterocycles. The van der Waals surface area contributed by atoms with Gasteiger partial charge in [0.2, 0.25) is 0 Å².